The van der Waals surface area contributed by atoms with Gasteiger partial charge >= 0.3 is 0 Å². The van der Waals surface area contributed by atoms with Crippen molar-refractivity contribution in [2.24, 2.45) is 5.92 Å². The fourth-order valence-electron chi connectivity index (χ4n) is 4.63. The SMILES string of the molecule is Clc1cccc(CC2CC=c3ccc4c(c3C2)CC=c2c(Br)cccc2=4)c1. The van der Waals surface area contributed by atoms with Crippen LogP contribution in [0.15, 0.2) is 59.1 Å². The van der Waals surface area contributed by atoms with Gasteiger partial charge in [-0.25, -0.2) is 0 Å². The lowest BCUT2D eigenvalue weighted by atomic mass is 9.81. The van der Waals surface area contributed by atoms with Gasteiger partial charge in [-0.3, -0.25) is 0 Å². The van der Waals surface area contributed by atoms with Crippen LogP contribution < -0.4 is 10.4 Å². The Bertz CT molecular complexity index is 1260. The van der Waals surface area contributed by atoms with Crippen LogP contribution in [0.2, 0.25) is 5.02 Å². The van der Waals surface area contributed by atoms with E-state index in [1.807, 2.05) is 6.07 Å². The smallest absolute Gasteiger partial charge is 0.0408 e. The Morgan fingerprint density at radius 3 is 2.70 bits per heavy atom. The van der Waals surface area contributed by atoms with Gasteiger partial charge < -0.3 is 0 Å². The maximum atomic E-state index is 6.18. The van der Waals surface area contributed by atoms with Crippen molar-refractivity contribution >= 4 is 39.7 Å². The molecule has 0 N–H and O–H groups in total. The molecule has 27 heavy (non-hydrogen) atoms. The van der Waals surface area contributed by atoms with E-state index in [9.17, 15) is 0 Å². The lowest BCUT2D eigenvalue weighted by Gasteiger charge is -2.23. The molecule has 0 bridgehead atoms. The normalized spacial score (nSPS) is 17.2. The molecule has 0 nitrogen and oxygen atoms in total. The second-order valence-corrected chi connectivity index (χ2v) is 8.90. The largest absolute Gasteiger partial charge is 0.0843 e. The van der Waals surface area contributed by atoms with Gasteiger partial charge in [0.25, 0.3) is 0 Å². The molecular weight excluding hydrogens is 416 g/mol. The van der Waals surface area contributed by atoms with E-state index < -0.39 is 0 Å². The monoisotopic (exact) mass is 434 g/mol. The fraction of sp³-hybridized carbons (Fsp3) is 0.200. The summed E-state index contributed by atoms with van der Waals surface area (Å²) in [5.41, 5.74) is 4.41. The molecule has 1 unspecified atom stereocenters. The lowest BCUT2D eigenvalue weighted by Crippen LogP contribution is -2.25. The van der Waals surface area contributed by atoms with Crippen molar-refractivity contribution in [3.05, 3.63) is 102 Å². The first-order valence-electron chi connectivity index (χ1n) is 9.53. The van der Waals surface area contributed by atoms with Crippen molar-refractivity contribution in [1.82, 2.24) is 0 Å². The highest BCUT2D eigenvalue weighted by molar-refractivity contribution is 9.10. The van der Waals surface area contributed by atoms with Gasteiger partial charge in [-0.1, -0.05) is 76.1 Å². The first-order chi connectivity index (χ1) is 13.2. The molecule has 0 spiro atoms. The van der Waals surface area contributed by atoms with Crippen LogP contribution in [0.5, 0.6) is 0 Å². The van der Waals surface area contributed by atoms with Gasteiger partial charge in [0.2, 0.25) is 0 Å². The number of benzene rings is 3. The van der Waals surface area contributed by atoms with Gasteiger partial charge in [0.15, 0.2) is 0 Å². The van der Waals surface area contributed by atoms with E-state index in [2.05, 4.69) is 76.6 Å². The molecule has 1 atom stereocenters. The maximum Gasteiger partial charge on any atom is 0.0408 e. The average molecular weight is 436 g/mol. The van der Waals surface area contributed by atoms with Crippen molar-refractivity contribution in [2.75, 3.05) is 0 Å². The highest BCUT2D eigenvalue weighted by Crippen LogP contribution is 2.25. The van der Waals surface area contributed by atoms with Crippen LogP contribution in [-0.2, 0) is 19.3 Å². The van der Waals surface area contributed by atoms with Crippen molar-refractivity contribution in [2.45, 2.75) is 25.7 Å². The summed E-state index contributed by atoms with van der Waals surface area (Å²) in [7, 11) is 0. The fourth-order valence-corrected chi connectivity index (χ4v) is 5.37. The zero-order valence-corrected chi connectivity index (χ0v) is 17.4. The third-order valence-electron chi connectivity index (χ3n) is 5.90. The Kier molecular flexibility index (Phi) is 4.46. The molecule has 3 aromatic carbocycles. The molecule has 5 rings (SSSR count). The second-order valence-electron chi connectivity index (χ2n) is 7.61. The summed E-state index contributed by atoms with van der Waals surface area (Å²) in [5.74, 6) is 0.645. The van der Waals surface area contributed by atoms with Crippen LogP contribution in [0.1, 0.15) is 23.1 Å². The van der Waals surface area contributed by atoms with E-state index >= 15 is 0 Å². The molecule has 2 aliphatic carbocycles. The van der Waals surface area contributed by atoms with Gasteiger partial charge in [0.05, 0.1) is 0 Å². The number of fused-ring (bicyclic) bond motifs is 4. The summed E-state index contributed by atoms with van der Waals surface area (Å²) in [6.45, 7) is 0. The predicted molar refractivity (Wildman–Crippen MR) is 117 cm³/mol. The van der Waals surface area contributed by atoms with Gasteiger partial charge in [0.1, 0.15) is 0 Å². The van der Waals surface area contributed by atoms with E-state index in [0.717, 1.165) is 30.7 Å². The molecule has 134 valence electrons. The van der Waals surface area contributed by atoms with Crippen molar-refractivity contribution in [1.29, 1.82) is 0 Å². The van der Waals surface area contributed by atoms with E-state index in [-0.39, 0.29) is 0 Å². The first kappa shape index (κ1) is 17.3. The molecule has 0 aliphatic heterocycles. The molecule has 0 saturated heterocycles. The zero-order chi connectivity index (χ0) is 18.4. The molecular formula is C25H20BrCl. The molecule has 0 heterocycles. The lowest BCUT2D eigenvalue weighted by molar-refractivity contribution is 0.527. The van der Waals surface area contributed by atoms with Crippen LogP contribution in [-0.4, -0.2) is 0 Å². The Morgan fingerprint density at radius 2 is 1.81 bits per heavy atom. The van der Waals surface area contributed by atoms with Gasteiger partial charge in [0, 0.05) is 9.50 Å². The van der Waals surface area contributed by atoms with E-state index in [1.165, 1.54) is 36.5 Å². The molecule has 2 heteroatoms. The molecule has 0 fully saturated rings. The predicted octanol–water partition coefficient (Wildman–Crippen LogP) is 5.31. The zero-order valence-electron chi connectivity index (χ0n) is 15.0. The topological polar surface area (TPSA) is 0 Å². The van der Waals surface area contributed by atoms with Crippen molar-refractivity contribution < 1.29 is 0 Å². The third-order valence-corrected chi connectivity index (χ3v) is 6.82. The van der Waals surface area contributed by atoms with Crippen LogP contribution in [0.3, 0.4) is 0 Å². The van der Waals surface area contributed by atoms with Crippen LogP contribution in [0, 0.1) is 16.4 Å². The van der Waals surface area contributed by atoms with Gasteiger partial charge in [-0.15, -0.1) is 0 Å². The summed E-state index contributed by atoms with van der Waals surface area (Å²) >= 11 is 9.90. The Morgan fingerprint density at radius 1 is 0.926 bits per heavy atom. The minimum atomic E-state index is 0.645. The summed E-state index contributed by atoms with van der Waals surface area (Å²) in [4.78, 5) is 0. The molecule has 0 saturated carbocycles. The Hall–Kier alpha value is -1.83. The quantitative estimate of drug-likeness (QED) is 0.511. The standard InChI is InChI=1S/C25H20BrCl/c26-25-6-2-5-20-21-10-9-18-8-7-17(13-16-3-1-4-19(27)14-16)15-24(18)22(21)11-12-23(20)25/h1-6,8-10,12,14,17H,7,11,13,15H2. The number of hydrogen-bond donors (Lipinski definition) is 0. The average Bonchev–Trinajstić information content (AvgIpc) is 2.68. The molecule has 0 aromatic heterocycles. The highest BCUT2D eigenvalue weighted by Gasteiger charge is 2.19. The highest BCUT2D eigenvalue weighted by atomic mass is 79.9. The number of hydrogen-bond acceptors (Lipinski definition) is 0. The van der Waals surface area contributed by atoms with Crippen LogP contribution in [0.4, 0.5) is 0 Å². The van der Waals surface area contributed by atoms with Crippen molar-refractivity contribution in [3.63, 3.8) is 0 Å². The minimum absolute atomic E-state index is 0.645. The number of rotatable bonds is 2. The van der Waals surface area contributed by atoms with E-state index in [4.69, 9.17) is 11.6 Å². The first-order valence-corrected chi connectivity index (χ1v) is 10.7. The van der Waals surface area contributed by atoms with Gasteiger partial charge in [-0.05, 0) is 87.4 Å². The molecule has 0 amide bonds. The summed E-state index contributed by atoms with van der Waals surface area (Å²) < 4.78 is 1.19. The Balaban J connectivity index is 1.59. The molecule has 3 aromatic rings. The summed E-state index contributed by atoms with van der Waals surface area (Å²) in [6.07, 6.45) is 9.22. The second kappa shape index (κ2) is 6.96. The third kappa shape index (κ3) is 3.17. The molecule has 2 aliphatic rings. The summed E-state index contributed by atoms with van der Waals surface area (Å²) in [6, 6.07) is 19.5. The Labute approximate surface area is 172 Å². The van der Waals surface area contributed by atoms with E-state index in [1.54, 1.807) is 5.56 Å². The van der Waals surface area contributed by atoms with Crippen LogP contribution in [0.25, 0.3) is 12.2 Å². The minimum Gasteiger partial charge on any atom is -0.0843 e. The van der Waals surface area contributed by atoms with Crippen molar-refractivity contribution in [3.8, 4) is 0 Å². The van der Waals surface area contributed by atoms with Gasteiger partial charge in [-0.2, -0.15) is 0 Å². The number of halogens is 2. The van der Waals surface area contributed by atoms with E-state index in [0.29, 0.717) is 5.92 Å². The molecule has 0 radical (unpaired) electrons. The maximum absolute atomic E-state index is 6.18. The van der Waals surface area contributed by atoms with Crippen LogP contribution >= 0.6 is 27.5 Å². The summed E-state index contributed by atoms with van der Waals surface area (Å²) in [5, 5.41) is 6.36.